The molecule has 122 valence electrons. The van der Waals surface area contributed by atoms with Crippen molar-refractivity contribution >= 4 is 23.1 Å². The molecule has 0 fully saturated rings. The molecule has 0 atom stereocenters. The molecule has 0 aliphatic heterocycles. The SMILES string of the molecule is Cc1cc(C(O)=C(C#N)c2ccn(Cl)n2)n(C)n1.c1ccccc1. The van der Waals surface area contributed by atoms with E-state index in [-0.39, 0.29) is 11.3 Å². The molecule has 6 nitrogen and oxygen atoms in total. The maximum atomic E-state index is 10.1. The fourth-order valence-electron chi connectivity index (χ4n) is 2.01. The lowest BCUT2D eigenvalue weighted by molar-refractivity contribution is 0.503. The maximum Gasteiger partial charge on any atom is 0.161 e. The zero-order chi connectivity index (χ0) is 17.5. The Balaban J connectivity index is 0.000000292. The fourth-order valence-corrected chi connectivity index (χ4v) is 2.15. The highest BCUT2D eigenvalue weighted by Crippen LogP contribution is 2.23. The first-order chi connectivity index (χ1) is 11.5. The van der Waals surface area contributed by atoms with E-state index in [1.807, 2.05) is 42.5 Å². The first kappa shape index (κ1) is 17.3. The third-order valence-corrected chi connectivity index (χ3v) is 3.26. The predicted molar refractivity (Wildman–Crippen MR) is 92.9 cm³/mol. The molecule has 24 heavy (non-hydrogen) atoms. The summed E-state index contributed by atoms with van der Waals surface area (Å²) in [6.45, 7) is 1.80. The Morgan fingerprint density at radius 2 is 1.75 bits per heavy atom. The lowest BCUT2D eigenvalue weighted by Crippen LogP contribution is -1.99. The number of aliphatic hydroxyl groups excluding tert-OH is 1. The highest BCUT2D eigenvalue weighted by Gasteiger charge is 2.16. The van der Waals surface area contributed by atoms with E-state index in [0.717, 1.165) is 9.89 Å². The van der Waals surface area contributed by atoms with Crippen molar-refractivity contribution in [3.63, 3.8) is 0 Å². The van der Waals surface area contributed by atoms with Crippen molar-refractivity contribution in [2.24, 2.45) is 7.05 Å². The molecule has 0 radical (unpaired) electrons. The quantitative estimate of drug-likeness (QED) is 0.571. The van der Waals surface area contributed by atoms with Crippen LogP contribution in [0.2, 0.25) is 0 Å². The van der Waals surface area contributed by atoms with Gasteiger partial charge in [0.05, 0.1) is 5.69 Å². The van der Waals surface area contributed by atoms with E-state index in [2.05, 4.69) is 10.2 Å². The van der Waals surface area contributed by atoms with Crippen LogP contribution in [0, 0.1) is 18.3 Å². The minimum absolute atomic E-state index is 0.0531. The van der Waals surface area contributed by atoms with Crippen LogP contribution in [0.3, 0.4) is 0 Å². The van der Waals surface area contributed by atoms with Gasteiger partial charge < -0.3 is 5.11 Å². The number of rotatable bonds is 2. The van der Waals surface area contributed by atoms with Crippen LogP contribution in [-0.2, 0) is 7.05 Å². The Morgan fingerprint density at radius 1 is 1.17 bits per heavy atom. The molecule has 7 heteroatoms. The molecule has 0 unspecified atom stereocenters. The van der Waals surface area contributed by atoms with Gasteiger partial charge in [0, 0.05) is 25.0 Å². The number of aromatic nitrogens is 4. The lowest BCUT2D eigenvalue weighted by atomic mass is 10.1. The van der Waals surface area contributed by atoms with Crippen molar-refractivity contribution in [3.8, 4) is 6.07 Å². The van der Waals surface area contributed by atoms with Crippen LogP contribution in [0.4, 0.5) is 0 Å². The summed E-state index contributed by atoms with van der Waals surface area (Å²) in [5.41, 5.74) is 1.56. The van der Waals surface area contributed by atoms with Gasteiger partial charge in [0.2, 0.25) is 0 Å². The normalized spacial score (nSPS) is 11.1. The number of hydrogen-bond acceptors (Lipinski definition) is 4. The molecule has 1 N–H and O–H groups in total. The molecule has 0 amide bonds. The van der Waals surface area contributed by atoms with Gasteiger partial charge in [-0.2, -0.15) is 19.7 Å². The molecule has 0 aliphatic carbocycles. The summed E-state index contributed by atoms with van der Waals surface area (Å²) in [6.07, 6.45) is 1.48. The number of nitriles is 1. The fraction of sp³-hybridized carbons (Fsp3) is 0.118. The van der Waals surface area contributed by atoms with Crippen LogP contribution in [0.25, 0.3) is 11.3 Å². The molecule has 0 aliphatic rings. The number of hydrogen-bond donors (Lipinski definition) is 1. The zero-order valence-corrected chi connectivity index (χ0v) is 14.0. The first-order valence-electron chi connectivity index (χ1n) is 7.09. The number of halogens is 1. The van der Waals surface area contributed by atoms with Crippen molar-refractivity contribution in [2.45, 2.75) is 6.92 Å². The molecule has 0 spiro atoms. The smallest absolute Gasteiger partial charge is 0.161 e. The lowest BCUT2D eigenvalue weighted by Gasteiger charge is -2.02. The average molecular weight is 342 g/mol. The minimum Gasteiger partial charge on any atom is -0.504 e. The average Bonchev–Trinajstić information content (AvgIpc) is 3.15. The highest BCUT2D eigenvalue weighted by atomic mass is 35.5. The summed E-state index contributed by atoms with van der Waals surface area (Å²) >= 11 is 5.62. The van der Waals surface area contributed by atoms with Gasteiger partial charge >= 0.3 is 0 Å². The summed E-state index contributed by atoms with van der Waals surface area (Å²) in [5, 5.41) is 27.3. The van der Waals surface area contributed by atoms with Crippen LogP contribution in [0.1, 0.15) is 17.1 Å². The molecule has 2 heterocycles. The third kappa shape index (κ3) is 4.24. The number of aliphatic hydroxyl groups is 1. The van der Waals surface area contributed by atoms with Gasteiger partial charge in [0.15, 0.2) is 5.76 Å². The van der Waals surface area contributed by atoms with Gasteiger partial charge in [-0.15, -0.1) is 0 Å². The Bertz CT molecular complexity index is 847. The van der Waals surface area contributed by atoms with Crippen LogP contribution in [-0.4, -0.2) is 24.2 Å². The molecular weight excluding hydrogens is 326 g/mol. The van der Waals surface area contributed by atoms with Crippen molar-refractivity contribution in [1.29, 1.82) is 5.26 Å². The van der Waals surface area contributed by atoms with Crippen molar-refractivity contribution in [2.75, 3.05) is 0 Å². The molecule has 2 aromatic heterocycles. The van der Waals surface area contributed by atoms with Gasteiger partial charge in [-0.25, -0.2) is 0 Å². The van der Waals surface area contributed by atoms with E-state index in [0.29, 0.717) is 11.4 Å². The van der Waals surface area contributed by atoms with Crippen molar-refractivity contribution in [1.82, 2.24) is 19.1 Å². The van der Waals surface area contributed by atoms with Crippen molar-refractivity contribution in [3.05, 3.63) is 71.8 Å². The van der Waals surface area contributed by atoms with E-state index in [1.165, 1.54) is 10.9 Å². The summed E-state index contributed by atoms with van der Waals surface area (Å²) in [5.74, 6) is -0.170. The van der Waals surface area contributed by atoms with Gasteiger partial charge in [0.1, 0.15) is 23.0 Å². The van der Waals surface area contributed by atoms with Crippen LogP contribution >= 0.6 is 11.8 Å². The van der Waals surface area contributed by atoms with Crippen LogP contribution in [0.15, 0.2) is 54.7 Å². The van der Waals surface area contributed by atoms with Crippen molar-refractivity contribution < 1.29 is 5.11 Å². The topological polar surface area (TPSA) is 79.7 Å². The molecule has 3 rings (SSSR count). The molecule has 0 saturated carbocycles. The predicted octanol–water partition coefficient (Wildman–Crippen LogP) is 3.56. The van der Waals surface area contributed by atoms with Gasteiger partial charge in [-0.1, -0.05) is 36.4 Å². The first-order valence-corrected chi connectivity index (χ1v) is 7.43. The number of aryl methyl sites for hydroxylation is 2. The van der Waals surface area contributed by atoms with E-state index in [9.17, 15) is 5.11 Å². The Morgan fingerprint density at radius 3 is 2.12 bits per heavy atom. The number of nitrogens with zero attached hydrogens (tertiary/aromatic N) is 5. The molecular formula is C17H16ClN5O. The molecule has 3 aromatic rings. The summed E-state index contributed by atoms with van der Waals surface area (Å²) < 4.78 is 2.55. The largest absolute Gasteiger partial charge is 0.504 e. The standard InChI is InChI=1S/C11H10ClN5O.C6H6/c1-7-5-10(16(2)14-7)11(18)8(6-13)9-3-4-17(12)15-9;1-2-4-6-5-3-1/h3-5,18H,1-2H3;1-6H. The molecule has 0 bridgehead atoms. The van der Waals surface area contributed by atoms with Crippen LogP contribution in [0.5, 0.6) is 0 Å². The summed E-state index contributed by atoms with van der Waals surface area (Å²) in [7, 11) is 1.69. The second-order valence-corrected chi connectivity index (χ2v) is 5.22. The van der Waals surface area contributed by atoms with Gasteiger partial charge in [-0.05, 0) is 19.1 Å². The van der Waals surface area contributed by atoms with E-state index in [1.54, 1.807) is 26.1 Å². The second-order valence-electron chi connectivity index (χ2n) is 4.87. The molecule has 0 saturated heterocycles. The molecule has 1 aromatic carbocycles. The van der Waals surface area contributed by atoms with E-state index in [4.69, 9.17) is 17.0 Å². The monoisotopic (exact) mass is 341 g/mol. The zero-order valence-electron chi connectivity index (χ0n) is 13.3. The van der Waals surface area contributed by atoms with E-state index >= 15 is 0 Å². The Hall–Kier alpha value is -3.04. The van der Waals surface area contributed by atoms with Gasteiger partial charge in [0.25, 0.3) is 0 Å². The highest BCUT2D eigenvalue weighted by molar-refractivity contribution is 6.14. The van der Waals surface area contributed by atoms with Crippen LogP contribution < -0.4 is 0 Å². The second kappa shape index (κ2) is 7.99. The Labute approximate surface area is 145 Å². The minimum atomic E-state index is -0.170. The van der Waals surface area contributed by atoms with E-state index < -0.39 is 0 Å². The summed E-state index contributed by atoms with van der Waals surface area (Å²) in [4.78, 5) is 0. The maximum absolute atomic E-state index is 10.1. The Kier molecular flexibility index (Phi) is 5.77. The number of benzene rings is 1. The summed E-state index contributed by atoms with van der Waals surface area (Å²) in [6, 6.07) is 17.2. The van der Waals surface area contributed by atoms with Gasteiger partial charge in [-0.3, -0.25) is 4.68 Å². The number of allylic oxidation sites excluding steroid dienone is 1. The third-order valence-electron chi connectivity index (χ3n) is 3.07.